The lowest BCUT2D eigenvalue weighted by Crippen LogP contribution is -2.45. The number of anilines is 1. The first kappa shape index (κ1) is 16.4. The molecule has 0 unspecified atom stereocenters. The second-order valence-electron chi connectivity index (χ2n) is 5.61. The van der Waals surface area contributed by atoms with Crippen LogP contribution in [0.5, 0.6) is 0 Å². The molecule has 1 aliphatic heterocycles. The number of amides is 1. The SMILES string of the molecule is N#Cc1cc(Br)cnc1N1CCC(NC(=O)c2ccncc2)CC1. The molecule has 1 N–H and O–H groups in total. The summed E-state index contributed by atoms with van der Waals surface area (Å²) in [6.07, 6.45) is 6.56. The topological polar surface area (TPSA) is 81.9 Å². The third-order valence-electron chi connectivity index (χ3n) is 4.03. The molecule has 0 atom stereocenters. The normalized spacial score (nSPS) is 14.9. The molecule has 24 heavy (non-hydrogen) atoms. The summed E-state index contributed by atoms with van der Waals surface area (Å²) in [4.78, 5) is 22.6. The Kier molecular flexibility index (Phi) is 5.06. The second kappa shape index (κ2) is 7.41. The number of halogens is 1. The zero-order chi connectivity index (χ0) is 16.9. The van der Waals surface area contributed by atoms with E-state index in [9.17, 15) is 10.1 Å². The summed E-state index contributed by atoms with van der Waals surface area (Å²) in [5.41, 5.74) is 1.18. The molecule has 6 nitrogen and oxygen atoms in total. The van der Waals surface area contributed by atoms with E-state index in [1.54, 1.807) is 36.8 Å². The Hall–Kier alpha value is -2.46. The first-order valence-electron chi connectivity index (χ1n) is 7.69. The van der Waals surface area contributed by atoms with E-state index in [2.05, 4.69) is 42.2 Å². The number of carbonyl (C=O) groups is 1. The van der Waals surface area contributed by atoms with Crippen LogP contribution in [0.1, 0.15) is 28.8 Å². The Bertz CT molecular complexity index is 766. The van der Waals surface area contributed by atoms with Gasteiger partial charge in [0.1, 0.15) is 11.9 Å². The molecule has 2 aromatic heterocycles. The summed E-state index contributed by atoms with van der Waals surface area (Å²) in [6, 6.07) is 7.50. The molecule has 0 aromatic carbocycles. The summed E-state index contributed by atoms with van der Waals surface area (Å²) in [5, 5.41) is 12.3. The molecule has 1 saturated heterocycles. The van der Waals surface area contributed by atoms with Crippen molar-refractivity contribution in [3.63, 3.8) is 0 Å². The Morgan fingerprint density at radius 1 is 1.33 bits per heavy atom. The number of pyridine rings is 2. The van der Waals surface area contributed by atoms with Crippen LogP contribution in [-0.2, 0) is 0 Å². The van der Waals surface area contributed by atoms with Gasteiger partial charge >= 0.3 is 0 Å². The summed E-state index contributed by atoms with van der Waals surface area (Å²) in [6.45, 7) is 1.51. The van der Waals surface area contributed by atoms with E-state index in [1.807, 2.05) is 0 Å². The van der Waals surface area contributed by atoms with Gasteiger partial charge in [0.05, 0.1) is 5.56 Å². The van der Waals surface area contributed by atoms with E-state index in [0.29, 0.717) is 16.9 Å². The van der Waals surface area contributed by atoms with E-state index in [-0.39, 0.29) is 11.9 Å². The van der Waals surface area contributed by atoms with E-state index < -0.39 is 0 Å². The van der Waals surface area contributed by atoms with E-state index >= 15 is 0 Å². The highest BCUT2D eigenvalue weighted by atomic mass is 79.9. The summed E-state index contributed by atoms with van der Waals surface area (Å²) in [5.74, 6) is 0.634. The van der Waals surface area contributed by atoms with Crippen LogP contribution in [-0.4, -0.2) is 35.0 Å². The lowest BCUT2D eigenvalue weighted by Gasteiger charge is -2.33. The molecule has 3 heterocycles. The number of carbonyl (C=O) groups excluding carboxylic acids is 1. The summed E-state index contributed by atoms with van der Waals surface area (Å²) < 4.78 is 0.794. The Balaban J connectivity index is 1.60. The van der Waals surface area contributed by atoms with Crippen LogP contribution in [0, 0.1) is 11.3 Å². The number of nitrogens with zero attached hydrogens (tertiary/aromatic N) is 4. The van der Waals surface area contributed by atoms with Crippen LogP contribution < -0.4 is 10.2 Å². The number of hydrogen-bond acceptors (Lipinski definition) is 5. The monoisotopic (exact) mass is 385 g/mol. The average molecular weight is 386 g/mol. The highest BCUT2D eigenvalue weighted by Gasteiger charge is 2.23. The fourth-order valence-corrected chi connectivity index (χ4v) is 3.11. The molecular weight excluding hydrogens is 370 g/mol. The van der Waals surface area contributed by atoms with Gasteiger partial charge in [0, 0.05) is 47.8 Å². The van der Waals surface area contributed by atoms with Crippen molar-refractivity contribution in [2.75, 3.05) is 18.0 Å². The lowest BCUT2D eigenvalue weighted by molar-refractivity contribution is 0.0931. The van der Waals surface area contributed by atoms with Crippen LogP contribution in [0.3, 0.4) is 0 Å². The average Bonchev–Trinajstić information content (AvgIpc) is 2.63. The van der Waals surface area contributed by atoms with Crippen LogP contribution in [0.4, 0.5) is 5.82 Å². The Labute approximate surface area is 148 Å². The third-order valence-corrected chi connectivity index (χ3v) is 4.46. The number of rotatable bonds is 3. The van der Waals surface area contributed by atoms with Gasteiger partial charge in [-0.25, -0.2) is 4.98 Å². The van der Waals surface area contributed by atoms with Crippen molar-refractivity contribution in [2.45, 2.75) is 18.9 Å². The number of nitrogens with one attached hydrogen (secondary N) is 1. The maximum Gasteiger partial charge on any atom is 0.251 e. The fourth-order valence-electron chi connectivity index (χ4n) is 2.77. The Morgan fingerprint density at radius 2 is 2.04 bits per heavy atom. The van der Waals surface area contributed by atoms with Crippen LogP contribution in [0.15, 0.2) is 41.3 Å². The molecule has 1 amide bonds. The molecule has 122 valence electrons. The minimum atomic E-state index is -0.0738. The predicted molar refractivity (Wildman–Crippen MR) is 93.6 cm³/mol. The van der Waals surface area contributed by atoms with E-state index in [0.717, 1.165) is 30.4 Å². The Morgan fingerprint density at radius 3 is 2.71 bits per heavy atom. The molecule has 3 rings (SSSR count). The maximum atomic E-state index is 12.2. The van der Waals surface area contributed by atoms with Crippen molar-refractivity contribution in [1.82, 2.24) is 15.3 Å². The first-order chi connectivity index (χ1) is 11.7. The molecule has 0 radical (unpaired) electrons. The minimum Gasteiger partial charge on any atom is -0.355 e. The lowest BCUT2D eigenvalue weighted by atomic mass is 10.0. The highest BCUT2D eigenvalue weighted by Crippen LogP contribution is 2.24. The van der Waals surface area contributed by atoms with Crippen LogP contribution >= 0.6 is 15.9 Å². The van der Waals surface area contributed by atoms with Crippen molar-refractivity contribution in [3.8, 4) is 6.07 Å². The van der Waals surface area contributed by atoms with Gasteiger partial charge in [-0.15, -0.1) is 0 Å². The molecule has 1 fully saturated rings. The van der Waals surface area contributed by atoms with Crippen LogP contribution in [0.25, 0.3) is 0 Å². The van der Waals surface area contributed by atoms with Gasteiger partial charge in [-0.2, -0.15) is 5.26 Å². The third kappa shape index (κ3) is 3.71. The zero-order valence-corrected chi connectivity index (χ0v) is 14.5. The molecule has 0 spiro atoms. The first-order valence-corrected chi connectivity index (χ1v) is 8.48. The smallest absolute Gasteiger partial charge is 0.251 e. The van der Waals surface area contributed by atoms with Gasteiger partial charge in [-0.05, 0) is 47.0 Å². The highest BCUT2D eigenvalue weighted by molar-refractivity contribution is 9.10. The number of aromatic nitrogens is 2. The molecule has 7 heteroatoms. The number of nitriles is 1. The largest absolute Gasteiger partial charge is 0.355 e. The standard InChI is InChI=1S/C17H16BrN5O/c18-14-9-13(10-19)16(21-11-14)23-7-3-15(4-8-23)22-17(24)12-1-5-20-6-2-12/h1-2,5-6,9,11,15H,3-4,7-8H2,(H,22,24). The van der Waals surface area contributed by atoms with Gasteiger partial charge in [0.15, 0.2) is 0 Å². The second-order valence-corrected chi connectivity index (χ2v) is 6.52. The molecule has 2 aromatic rings. The van der Waals surface area contributed by atoms with Gasteiger partial charge in [-0.1, -0.05) is 0 Å². The van der Waals surface area contributed by atoms with Crippen LogP contribution in [0.2, 0.25) is 0 Å². The predicted octanol–water partition coefficient (Wildman–Crippen LogP) is 2.51. The number of piperidine rings is 1. The molecule has 0 aliphatic carbocycles. The van der Waals surface area contributed by atoms with E-state index in [4.69, 9.17) is 0 Å². The van der Waals surface area contributed by atoms with Gasteiger partial charge in [-0.3, -0.25) is 9.78 Å². The zero-order valence-electron chi connectivity index (χ0n) is 12.9. The molecule has 0 saturated carbocycles. The summed E-state index contributed by atoms with van der Waals surface area (Å²) >= 11 is 3.34. The van der Waals surface area contributed by atoms with Crippen molar-refractivity contribution in [2.24, 2.45) is 0 Å². The molecular formula is C17H16BrN5O. The van der Waals surface area contributed by atoms with Gasteiger partial charge < -0.3 is 10.2 Å². The van der Waals surface area contributed by atoms with Gasteiger partial charge in [0.25, 0.3) is 5.91 Å². The number of hydrogen-bond donors (Lipinski definition) is 1. The molecule has 1 aliphatic rings. The fraction of sp³-hybridized carbons (Fsp3) is 0.294. The van der Waals surface area contributed by atoms with Crippen molar-refractivity contribution >= 4 is 27.7 Å². The molecule has 0 bridgehead atoms. The van der Waals surface area contributed by atoms with Crippen molar-refractivity contribution < 1.29 is 4.79 Å². The quantitative estimate of drug-likeness (QED) is 0.877. The van der Waals surface area contributed by atoms with Gasteiger partial charge in [0.2, 0.25) is 0 Å². The van der Waals surface area contributed by atoms with E-state index in [1.165, 1.54) is 0 Å². The summed E-state index contributed by atoms with van der Waals surface area (Å²) in [7, 11) is 0. The minimum absolute atomic E-state index is 0.0738. The maximum absolute atomic E-state index is 12.2. The van der Waals surface area contributed by atoms with Crippen molar-refractivity contribution in [3.05, 3.63) is 52.4 Å². The van der Waals surface area contributed by atoms with Crippen molar-refractivity contribution in [1.29, 1.82) is 5.26 Å².